The summed E-state index contributed by atoms with van der Waals surface area (Å²) in [5, 5.41) is 3.49. The second-order valence-electron chi connectivity index (χ2n) is 7.72. The zero-order chi connectivity index (χ0) is 18.8. The Kier molecular flexibility index (Phi) is 6.49. The molecule has 4 nitrogen and oxygen atoms in total. The van der Waals surface area contributed by atoms with E-state index in [4.69, 9.17) is 4.74 Å². The number of rotatable bonds is 3. The van der Waals surface area contributed by atoms with Gasteiger partial charge >= 0.3 is 6.09 Å². The van der Waals surface area contributed by atoms with Crippen molar-refractivity contribution < 1.29 is 13.9 Å². The summed E-state index contributed by atoms with van der Waals surface area (Å²) in [7, 11) is 0. The third-order valence-electron chi connectivity index (χ3n) is 4.51. The second kappa shape index (κ2) is 8.04. The van der Waals surface area contributed by atoms with Crippen molar-refractivity contribution in [3.05, 3.63) is 34.1 Å². The highest BCUT2D eigenvalue weighted by molar-refractivity contribution is 9.10. The first-order chi connectivity index (χ1) is 11.6. The Morgan fingerprint density at radius 2 is 2.12 bits per heavy atom. The molecule has 140 valence electrons. The van der Waals surface area contributed by atoms with Gasteiger partial charge in [0.2, 0.25) is 0 Å². The number of ether oxygens (including phenoxy) is 1. The standard InChI is InChI=1S/C19H28BrFN2O2/c1-12(15-9-8-14(20)11-16(15)21)22-17-7-6-10-23(13(17)2)18(24)25-19(3,4)5/h8-9,11-13,17,22H,6-7,10H2,1-5H3. The van der Waals surface area contributed by atoms with Crippen molar-refractivity contribution in [3.63, 3.8) is 0 Å². The Labute approximate surface area is 158 Å². The average Bonchev–Trinajstić information content (AvgIpc) is 2.47. The SMILES string of the molecule is CC(NC1CCCN(C(=O)OC(C)(C)C)C1C)c1ccc(Br)cc1F. The third kappa shape index (κ3) is 5.42. The first-order valence-electron chi connectivity index (χ1n) is 8.79. The highest BCUT2D eigenvalue weighted by atomic mass is 79.9. The van der Waals surface area contributed by atoms with Crippen LogP contribution in [-0.4, -0.2) is 35.2 Å². The molecule has 1 N–H and O–H groups in total. The van der Waals surface area contributed by atoms with Crippen LogP contribution in [0, 0.1) is 5.82 Å². The van der Waals surface area contributed by atoms with Crippen molar-refractivity contribution in [3.8, 4) is 0 Å². The summed E-state index contributed by atoms with van der Waals surface area (Å²) >= 11 is 3.28. The smallest absolute Gasteiger partial charge is 0.410 e. The zero-order valence-electron chi connectivity index (χ0n) is 15.6. The molecule has 0 bridgehead atoms. The van der Waals surface area contributed by atoms with E-state index in [-0.39, 0.29) is 30.0 Å². The molecule has 2 rings (SSSR count). The highest BCUT2D eigenvalue weighted by Crippen LogP contribution is 2.25. The van der Waals surface area contributed by atoms with Crippen molar-refractivity contribution in [2.24, 2.45) is 0 Å². The van der Waals surface area contributed by atoms with Crippen molar-refractivity contribution in [1.29, 1.82) is 0 Å². The molecule has 1 amide bonds. The van der Waals surface area contributed by atoms with E-state index >= 15 is 0 Å². The maximum absolute atomic E-state index is 14.2. The Balaban J connectivity index is 2.05. The fraction of sp³-hybridized carbons (Fsp3) is 0.632. The van der Waals surface area contributed by atoms with Gasteiger partial charge in [0, 0.05) is 34.7 Å². The molecule has 25 heavy (non-hydrogen) atoms. The molecule has 6 heteroatoms. The molecule has 1 aliphatic rings. The topological polar surface area (TPSA) is 41.6 Å². The second-order valence-corrected chi connectivity index (χ2v) is 8.63. The number of halogens is 2. The van der Waals surface area contributed by atoms with Crippen molar-refractivity contribution >= 4 is 22.0 Å². The van der Waals surface area contributed by atoms with Crippen molar-refractivity contribution in [2.75, 3.05) is 6.54 Å². The van der Waals surface area contributed by atoms with Crippen molar-refractivity contribution in [1.82, 2.24) is 10.2 Å². The molecule has 0 aromatic heterocycles. The molecule has 1 aromatic carbocycles. The number of nitrogens with one attached hydrogen (secondary N) is 1. The number of carbonyl (C=O) groups is 1. The lowest BCUT2D eigenvalue weighted by molar-refractivity contribution is 0.00640. The number of hydrogen-bond acceptors (Lipinski definition) is 3. The van der Waals surface area contributed by atoms with Gasteiger partial charge in [-0.3, -0.25) is 0 Å². The van der Waals surface area contributed by atoms with E-state index < -0.39 is 5.60 Å². The van der Waals surface area contributed by atoms with Gasteiger partial charge < -0.3 is 15.0 Å². The van der Waals surface area contributed by atoms with Crippen LogP contribution < -0.4 is 5.32 Å². The minimum absolute atomic E-state index is 0.00967. The fourth-order valence-corrected chi connectivity index (χ4v) is 3.54. The maximum atomic E-state index is 14.2. The molecule has 0 saturated carbocycles. The van der Waals surface area contributed by atoms with E-state index in [0.29, 0.717) is 12.1 Å². The van der Waals surface area contributed by atoms with Crippen LogP contribution in [0.15, 0.2) is 22.7 Å². The molecule has 1 aliphatic heterocycles. The molecule has 3 unspecified atom stereocenters. The van der Waals surface area contributed by atoms with Gasteiger partial charge in [0.05, 0.1) is 0 Å². The molecular weight excluding hydrogens is 387 g/mol. The van der Waals surface area contributed by atoms with Gasteiger partial charge in [-0.15, -0.1) is 0 Å². The number of piperidine rings is 1. The Morgan fingerprint density at radius 3 is 2.72 bits per heavy atom. The summed E-state index contributed by atoms with van der Waals surface area (Å²) in [6.45, 7) is 10.3. The zero-order valence-corrected chi connectivity index (χ0v) is 17.2. The van der Waals surface area contributed by atoms with Crippen LogP contribution in [0.5, 0.6) is 0 Å². The first kappa shape index (κ1) is 20.2. The van der Waals surface area contributed by atoms with Crippen LogP contribution in [0.25, 0.3) is 0 Å². The summed E-state index contributed by atoms with van der Waals surface area (Å²) in [4.78, 5) is 14.2. The summed E-state index contributed by atoms with van der Waals surface area (Å²) in [6.07, 6.45) is 1.56. The van der Waals surface area contributed by atoms with E-state index in [0.717, 1.165) is 17.3 Å². The van der Waals surface area contributed by atoms with Crippen LogP contribution in [0.1, 0.15) is 59.1 Å². The highest BCUT2D eigenvalue weighted by Gasteiger charge is 2.34. The van der Waals surface area contributed by atoms with Gasteiger partial charge in [0.25, 0.3) is 0 Å². The molecule has 0 aliphatic carbocycles. The average molecular weight is 415 g/mol. The lowest BCUT2D eigenvalue weighted by atomic mass is 9.96. The van der Waals surface area contributed by atoms with E-state index in [2.05, 4.69) is 21.2 Å². The Hall–Kier alpha value is -1.14. The predicted molar refractivity (Wildman–Crippen MR) is 101 cm³/mol. The molecule has 0 spiro atoms. The van der Waals surface area contributed by atoms with Crippen LogP contribution in [0.2, 0.25) is 0 Å². The minimum Gasteiger partial charge on any atom is -0.444 e. The number of nitrogens with zero attached hydrogens (tertiary/aromatic N) is 1. The maximum Gasteiger partial charge on any atom is 0.410 e. The van der Waals surface area contributed by atoms with Crippen LogP contribution in [0.4, 0.5) is 9.18 Å². The van der Waals surface area contributed by atoms with Crippen LogP contribution in [0.3, 0.4) is 0 Å². The fourth-order valence-electron chi connectivity index (χ4n) is 3.21. The molecule has 1 fully saturated rings. The normalized spacial score (nSPS) is 22.6. The number of amides is 1. The quantitative estimate of drug-likeness (QED) is 0.753. The van der Waals surface area contributed by atoms with Gasteiger partial charge in [-0.2, -0.15) is 0 Å². The van der Waals surface area contributed by atoms with Gasteiger partial charge in [-0.05, 0) is 59.6 Å². The number of hydrogen-bond donors (Lipinski definition) is 1. The number of carbonyl (C=O) groups excluding carboxylic acids is 1. The summed E-state index contributed by atoms with van der Waals surface area (Å²) in [5.41, 5.74) is 0.121. The Morgan fingerprint density at radius 1 is 1.44 bits per heavy atom. The largest absolute Gasteiger partial charge is 0.444 e. The number of likely N-dealkylation sites (tertiary alicyclic amines) is 1. The summed E-state index contributed by atoms with van der Waals surface area (Å²) < 4.78 is 20.4. The lowest BCUT2D eigenvalue weighted by Gasteiger charge is -2.41. The predicted octanol–water partition coefficient (Wildman–Crippen LogP) is 5.03. The summed E-state index contributed by atoms with van der Waals surface area (Å²) in [6, 6.07) is 5.05. The van der Waals surface area contributed by atoms with Gasteiger partial charge in [-0.25, -0.2) is 9.18 Å². The summed E-state index contributed by atoms with van der Waals surface area (Å²) in [5.74, 6) is -0.234. The monoisotopic (exact) mass is 414 g/mol. The van der Waals surface area contributed by atoms with Gasteiger partial charge in [0.15, 0.2) is 0 Å². The lowest BCUT2D eigenvalue weighted by Crippen LogP contribution is -2.55. The molecule has 1 saturated heterocycles. The van der Waals surface area contributed by atoms with Crippen LogP contribution >= 0.6 is 15.9 Å². The first-order valence-corrected chi connectivity index (χ1v) is 9.58. The van der Waals surface area contributed by atoms with E-state index in [1.807, 2.05) is 40.7 Å². The van der Waals surface area contributed by atoms with E-state index in [1.54, 1.807) is 11.0 Å². The molecule has 1 aromatic rings. The van der Waals surface area contributed by atoms with Gasteiger partial charge in [0.1, 0.15) is 11.4 Å². The third-order valence-corrected chi connectivity index (χ3v) is 5.00. The number of benzene rings is 1. The minimum atomic E-state index is -0.509. The van der Waals surface area contributed by atoms with E-state index in [9.17, 15) is 9.18 Å². The van der Waals surface area contributed by atoms with Gasteiger partial charge in [-0.1, -0.05) is 22.0 Å². The Bertz CT molecular complexity index is 618. The molecule has 3 atom stereocenters. The van der Waals surface area contributed by atoms with E-state index in [1.165, 1.54) is 6.07 Å². The molecule has 0 radical (unpaired) electrons. The van der Waals surface area contributed by atoms with Crippen LogP contribution in [-0.2, 0) is 4.74 Å². The molecule has 1 heterocycles. The molecular formula is C19H28BrFN2O2. The van der Waals surface area contributed by atoms with Crippen molar-refractivity contribution in [2.45, 2.75) is 71.2 Å².